The van der Waals surface area contributed by atoms with Gasteiger partial charge >= 0.3 is 6.03 Å². The van der Waals surface area contributed by atoms with Crippen molar-refractivity contribution < 1.29 is 14.0 Å². The van der Waals surface area contributed by atoms with Crippen molar-refractivity contribution in [2.24, 2.45) is 5.73 Å². The van der Waals surface area contributed by atoms with Crippen LogP contribution in [0.2, 0.25) is 5.02 Å². The van der Waals surface area contributed by atoms with Crippen molar-refractivity contribution in [2.75, 3.05) is 19.6 Å². The van der Waals surface area contributed by atoms with E-state index in [-0.39, 0.29) is 29.2 Å². The maximum atomic E-state index is 13.5. The zero-order valence-electron chi connectivity index (χ0n) is 14.3. The van der Waals surface area contributed by atoms with E-state index < -0.39 is 11.7 Å². The highest BCUT2D eigenvalue weighted by molar-refractivity contribution is 6.31. The number of nitrogens with zero attached hydrogens (tertiary/aromatic N) is 3. The van der Waals surface area contributed by atoms with Crippen LogP contribution in [0.3, 0.4) is 0 Å². The monoisotopic (exact) mass is 392 g/mol. The SMILES string of the molecule is NC(=O)c1c(-c2ccc(F)c(Cl)c2)nn2c1CN(C(=O)NC1CNC1)CC2. The van der Waals surface area contributed by atoms with Gasteiger partial charge in [-0.3, -0.25) is 9.48 Å². The van der Waals surface area contributed by atoms with E-state index in [1.54, 1.807) is 9.58 Å². The average Bonchev–Trinajstić information content (AvgIpc) is 2.99. The quantitative estimate of drug-likeness (QED) is 0.722. The molecule has 1 aromatic heterocycles. The fraction of sp³-hybridized carbons (Fsp3) is 0.353. The molecule has 3 amide bonds. The number of amides is 3. The molecule has 0 atom stereocenters. The van der Waals surface area contributed by atoms with Gasteiger partial charge in [0, 0.05) is 25.2 Å². The predicted octanol–water partition coefficient (Wildman–Crippen LogP) is 0.938. The number of primary amides is 1. The molecule has 1 saturated heterocycles. The van der Waals surface area contributed by atoms with E-state index in [4.69, 9.17) is 17.3 Å². The van der Waals surface area contributed by atoms with E-state index in [0.717, 1.165) is 13.1 Å². The number of nitrogens with two attached hydrogens (primary N) is 1. The molecular weight excluding hydrogens is 375 g/mol. The molecule has 4 N–H and O–H groups in total. The molecule has 0 bridgehead atoms. The molecule has 8 nitrogen and oxygen atoms in total. The first-order valence-electron chi connectivity index (χ1n) is 8.55. The van der Waals surface area contributed by atoms with Crippen LogP contribution >= 0.6 is 11.6 Å². The summed E-state index contributed by atoms with van der Waals surface area (Å²) in [5.74, 6) is -1.21. The molecule has 10 heteroatoms. The summed E-state index contributed by atoms with van der Waals surface area (Å²) in [7, 11) is 0. The van der Waals surface area contributed by atoms with Crippen LogP contribution in [0.25, 0.3) is 11.3 Å². The Bertz CT molecular complexity index is 926. The lowest BCUT2D eigenvalue weighted by molar-refractivity contribution is 0.0997. The van der Waals surface area contributed by atoms with E-state index in [1.807, 2.05) is 0 Å². The van der Waals surface area contributed by atoms with E-state index in [9.17, 15) is 14.0 Å². The molecule has 142 valence electrons. The fourth-order valence-corrected chi connectivity index (χ4v) is 3.43. The number of hydrogen-bond donors (Lipinski definition) is 3. The molecule has 4 rings (SSSR count). The Kier molecular flexibility index (Phi) is 4.48. The Morgan fingerprint density at radius 2 is 2.11 bits per heavy atom. The van der Waals surface area contributed by atoms with Crippen molar-refractivity contribution in [3.63, 3.8) is 0 Å². The number of carbonyl (C=O) groups is 2. The van der Waals surface area contributed by atoms with Gasteiger partial charge in [-0.15, -0.1) is 0 Å². The van der Waals surface area contributed by atoms with E-state index in [2.05, 4.69) is 15.7 Å². The van der Waals surface area contributed by atoms with Crippen LogP contribution in [0.15, 0.2) is 18.2 Å². The third-order valence-corrected chi connectivity index (χ3v) is 5.11. The van der Waals surface area contributed by atoms with Gasteiger partial charge in [0.2, 0.25) is 0 Å². The normalized spacial score (nSPS) is 16.6. The summed E-state index contributed by atoms with van der Waals surface area (Å²) in [5.41, 5.74) is 7.21. The third-order valence-electron chi connectivity index (χ3n) is 4.82. The van der Waals surface area contributed by atoms with Crippen LogP contribution < -0.4 is 16.4 Å². The van der Waals surface area contributed by atoms with Gasteiger partial charge in [0.15, 0.2) is 0 Å². The molecule has 0 aliphatic carbocycles. The number of rotatable bonds is 3. The molecule has 3 heterocycles. The molecule has 27 heavy (non-hydrogen) atoms. The summed E-state index contributed by atoms with van der Waals surface area (Å²) < 4.78 is 15.1. The number of nitrogens with one attached hydrogen (secondary N) is 2. The zero-order valence-corrected chi connectivity index (χ0v) is 15.1. The van der Waals surface area contributed by atoms with Crippen LogP contribution in [0.1, 0.15) is 16.1 Å². The first-order chi connectivity index (χ1) is 12.9. The smallest absolute Gasteiger partial charge is 0.318 e. The highest BCUT2D eigenvalue weighted by Gasteiger charge is 2.31. The molecule has 0 radical (unpaired) electrons. The lowest BCUT2D eigenvalue weighted by Crippen LogP contribution is -2.59. The number of fused-ring (bicyclic) bond motifs is 1. The van der Waals surface area contributed by atoms with Crippen LogP contribution in [0.4, 0.5) is 9.18 Å². The maximum absolute atomic E-state index is 13.5. The Hall–Kier alpha value is -2.65. The zero-order chi connectivity index (χ0) is 19.1. The second-order valence-corrected chi connectivity index (χ2v) is 7.02. The predicted molar refractivity (Wildman–Crippen MR) is 96.7 cm³/mol. The van der Waals surface area contributed by atoms with Gasteiger partial charge < -0.3 is 21.3 Å². The molecule has 0 saturated carbocycles. The molecule has 0 spiro atoms. The minimum Gasteiger partial charge on any atom is -0.365 e. The summed E-state index contributed by atoms with van der Waals surface area (Å²) >= 11 is 5.86. The maximum Gasteiger partial charge on any atom is 0.318 e. The van der Waals surface area contributed by atoms with Gasteiger partial charge in [-0.05, 0) is 18.2 Å². The van der Waals surface area contributed by atoms with Gasteiger partial charge in [-0.1, -0.05) is 11.6 Å². The largest absolute Gasteiger partial charge is 0.365 e. The number of urea groups is 1. The lowest BCUT2D eigenvalue weighted by Gasteiger charge is -2.33. The minimum absolute atomic E-state index is 0.0657. The van der Waals surface area contributed by atoms with E-state index in [0.29, 0.717) is 30.0 Å². The van der Waals surface area contributed by atoms with Crippen molar-refractivity contribution in [2.45, 2.75) is 19.1 Å². The molecule has 2 aliphatic heterocycles. The van der Waals surface area contributed by atoms with E-state index >= 15 is 0 Å². The van der Waals surface area contributed by atoms with E-state index in [1.165, 1.54) is 18.2 Å². The van der Waals surface area contributed by atoms with Crippen LogP contribution in [-0.2, 0) is 13.1 Å². The summed E-state index contributed by atoms with van der Waals surface area (Å²) in [6, 6.07) is 4.06. The summed E-state index contributed by atoms with van der Waals surface area (Å²) in [6.07, 6.45) is 0. The third kappa shape index (κ3) is 3.24. The summed E-state index contributed by atoms with van der Waals surface area (Å²) in [4.78, 5) is 26.2. The van der Waals surface area contributed by atoms with Gasteiger partial charge in [-0.2, -0.15) is 5.10 Å². The van der Waals surface area contributed by atoms with Crippen LogP contribution in [0.5, 0.6) is 0 Å². The number of aromatic nitrogens is 2. The number of carbonyl (C=O) groups excluding carboxylic acids is 2. The lowest BCUT2D eigenvalue weighted by atomic mass is 10.0. The topological polar surface area (TPSA) is 105 Å². The molecule has 1 fully saturated rings. The summed E-state index contributed by atoms with van der Waals surface area (Å²) in [5, 5.41) is 10.4. The number of halogens is 2. The minimum atomic E-state index is -0.655. The first kappa shape index (κ1) is 17.7. The highest BCUT2D eigenvalue weighted by Crippen LogP contribution is 2.30. The van der Waals surface area contributed by atoms with Crippen LogP contribution in [-0.4, -0.2) is 52.3 Å². The van der Waals surface area contributed by atoms with Gasteiger partial charge in [0.05, 0.1) is 35.4 Å². The van der Waals surface area contributed by atoms with Gasteiger partial charge in [0.25, 0.3) is 5.91 Å². The van der Waals surface area contributed by atoms with Crippen molar-refractivity contribution in [1.29, 1.82) is 0 Å². The fourth-order valence-electron chi connectivity index (χ4n) is 3.25. The standard InChI is InChI=1S/C17H18ClFN6O2/c18-11-5-9(1-2-12(11)19)15-14(16(20)26)13-8-24(3-4-25(13)23-15)17(27)22-10-6-21-7-10/h1-2,5,10,21H,3-4,6-8H2,(H2,20,26)(H,22,27). The Morgan fingerprint density at radius 1 is 1.33 bits per heavy atom. The summed E-state index contributed by atoms with van der Waals surface area (Å²) in [6.45, 7) is 2.61. The Morgan fingerprint density at radius 3 is 2.74 bits per heavy atom. The van der Waals surface area contributed by atoms with Crippen molar-refractivity contribution in [3.05, 3.63) is 40.3 Å². The average molecular weight is 393 g/mol. The molecular formula is C17H18ClFN6O2. The van der Waals surface area contributed by atoms with Crippen molar-refractivity contribution in [1.82, 2.24) is 25.3 Å². The first-order valence-corrected chi connectivity index (χ1v) is 8.93. The van der Waals surface area contributed by atoms with Crippen molar-refractivity contribution >= 4 is 23.5 Å². The molecule has 1 aromatic carbocycles. The highest BCUT2D eigenvalue weighted by atomic mass is 35.5. The molecule has 2 aliphatic rings. The Labute approximate surface area is 159 Å². The molecule has 2 aromatic rings. The number of benzene rings is 1. The number of hydrogen-bond acceptors (Lipinski definition) is 4. The van der Waals surface area contributed by atoms with Gasteiger partial charge in [-0.25, -0.2) is 9.18 Å². The van der Waals surface area contributed by atoms with Crippen LogP contribution in [0, 0.1) is 5.82 Å². The Balaban J connectivity index is 1.66. The second kappa shape index (κ2) is 6.82. The van der Waals surface area contributed by atoms with Gasteiger partial charge in [0.1, 0.15) is 11.5 Å². The van der Waals surface area contributed by atoms with Crippen molar-refractivity contribution in [3.8, 4) is 11.3 Å². The molecule has 0 unspecified atom stereocenters. The second-order valence-electron chi connectivity index (χ2n) is 6.61.